The Morgan fingerprint density at radius 3 is 2.88 bits per heavy atom. The number of aromatic nitrogens is 2. The molecule has 2 unspecified atom stereocenters. The third kappa shape index (κ3) is 3.73. The molecule has 0 saturated carbocycles. The molecule has 2 saturated heterocycles. The summed E-state index contributed by atoms with van der Waals surface area (Å²) in [7, 11) is 2.07. The third-order valence-electron chi connectivity index (χ3n) is 4.72. The molecule has 140 valence electrons. The van der Waals surface area contributed by atoms with Gasteiger partial charge in [0.25, 0.3) is 5.91 Å². The van der Waals surface area contributed by atoms with Crippen LogP contribution in [0.1, 0.15) is 34.2 Å². The lowest BCUT2D eigenvalue weighted by Crippen LogP contribution is -2.44. The van der Waals surface area contributed by atoms with Gasteiger partial charge in [0.1, 0.15) is 6.04 Å². The summed E-state index contributed by atoms with van der Waals surface area (Å²) < 4.78 is 5.54. The topological polar surface area (TPSA) is 74.5 Å². The maximum atomic E-state index is 12.8. The van der Waals surface area contributed by atoms with E-state index in [0.717, 1.165) is 25.4 Å². The summed E-state index contributed by atoms with van der Waals surface area (Å²) in [5.74, 6) is 2.64. The number of benzene rings is 1. The van der Waals surface area contributed by atoms with Crippen molar-refractivity contribution in [2.45, 2.75) is 12.1 Å². The number of likely N-dealkylation sites (N-methyl/N-ethyl adjacent to an activating group) is 1. The second-order valence-electron chi connectivity index (χ2n) is 6.35. The van der Waals surface area contributed by atoms with Crippen LogP contribution in [0.4, 0.5) is 0 Å². The lowest BCUT2D eigenvalue weighted by atomic mass is 10.1. The van der Waals surface area contributed by atoms with Crippen LogP contribution in [-0.4, -0.2) is 64.2 Å². The van der Waals surface area contributed by atoms with Gasteiger partial charge in [-0.15, -0.1) is 24.2 Å². The number of carbonyl (C=O) groups excluding carboxylic acids is 1. The van der Waals surface area contributed by atoms with Crippen LogP contribution in [0.3, 0.4) is 0 Å². The molecule has 4 rings (SSSR count). The zero-order chi connectivity index (χ0) is 17.2. The predicted octanol–water partition coefficient (Wildman–Crippen LogP) is 1.96. The van der Waals surface area contributed by atoms with Gasteiger partial charge in [-0.25, -0.2) is 0 Å². The van der Waals surface area contributed by atoms with E-state index in [1.807, 2.05) is 35.2 Å². The fourth-order valence-electron chi connectivity index (χ4n) is 3.21. The quantitative estimate of drug-likeness (QED) is 0.851. The van der Waals surface area contributed by atoms with E-state index in [4.69, 9.17) is 4.52 Å². The number of rotatable bonds is 3. The van der Waals surface area contributed by atoms with E-state index >= 15 is 0 Å². The van der Waals surface area contributed by atoms with Crippen LogP contribution in [0.15, 0.2) is 34.9 Å². The SMILES string of the molecule is CN1CCNCC1c1noc(C2CSCN2C(=O)c2ccccc2)n1.Cl. The number of amides is 1. The van der Waals surface area contributed by atoms with Crippen LogP contribution in [0.2, 0.25) is 0 Å². The van der Waals surface area contributed by atoms with Gasteiger partial charge in [-0.1, -0.05) is 23.4 Å². The van der Waals surface area contributed by atoms with Gasteiger partial charge in [0.2, 0.25) is 5.89 Å². The highest BCUT2D eigenvalue weighted by atomic mass is 35.5. The van der Waals surface area contributed by atoms with Crippen LogP contribution in [0, 0.1) is 0 Å². The molecule has 2 fully saturated rings. The van der Waals surface area contributed by atoms with Gasteiger partial charge < -0.3 is 14.7 Å². The highest BCUT2D eigenvalue weighted by molar-refractivity contribution is 7.99. The summed E-state index contributed by atoms with van der Waals surface area (Å²) in [6.07, 6.45) is 0. The van der Waals surface area contributed by atoms with Crippen molar-refractivity contribution in [3.63, 3.8) is 0 Å². The average molecular weight is 396 g/mol. The Morgan fingerprint density at radius 2 is 2.12 bits per heavy atom. The average Bonchev–Trinajstić information content (AvgIpc) is 3.31. The molecule has 0 spiro atoms. The number of piperazine rings is 1. The van der Waals surface area contributed by atoms with Crippen molar-refractivity contribution in [1.82, 2.24) is 25.3 Å². The smallest absolute Gasteiger partial charge is 0.255 e. The summed E-state index contributed by atoms with van der Waals surface area (Å²) >= 11 is 1.71. The number of thioether (sulfide) groups is 1. The first kappa shape index (κ1) is 19.2. The molecule has 0 bridgehead atoms. The van der Waals surface area contributed by atoms with Gasteiger partial charge in [-0.05, 0) is 19.2 Å². The summed E-state index contributed by atoms with van der Waals surface area (Å²) in [6, 6.07) is 9.28. The predicted molar refractivity (Wildman–Crippen MR) is 102 cm³/mol. The number of hydrogen-bond donors (Lipinski definition) is 1. The first-order valence-electron chi connectivity index (χ1n) is 8.42. The highest BCUT2D eigenvalue weighted by Crippen LogP contribution is 2.34. The van der Waals surface area contributed by atoms with E-state index in [-0.39, 0.29) is 30.4 Å². The molecule has 1 amide bonds. The molecule has 1 N–H and O–H groups in total. The van der Waals surface area contributed by atoms with Gasteiger partial charge >= 0.3 is 0 Å². The lowest BCUT2D eigenvalue weighted by Gasteiger charge is -2.30. The van der Waals surface area contributed by atoms with Crippen molar-refractivity contribution < 1.29 is 9.32 Å². The van der Waals surface area contributed by atoms with Crippen molar-refractivity contribution in [1.29, 1.82) is 0 Å². The van der Waals surface area contributed by atoms with E-state index in [9.17, 15) is 4.79 Å². The molecule has 0 radical (unpaired) electrons. The normalized spacial score (nSPS) is 23.7. The summed E-state index contributed by atoms with van der Waals surface area (Å²) in [6.45, 7) is 2.73. The Hall–Kier alpha value is -1.61. The molecule has 1 aromatic carbocycles. The van der Waals surface area contributed by atoms with E-state index in [0.29, 0.717) is 23.2 Å². The minimum Gasteiger partial charge on any atom is -0.337 e. The molecule has 2 aliphatic rings. The summed E-state index contributed by atoms with van der Waals surface area (Å²) in [5.41, 5.74) is 0.686. The zero-order valence-electron chi connectivity index (χ0n) is 14.5. The van der Waals surface area contributed by atoms with Crippen LogP contribution in [-0.2, 0) is 0 Å². The fraction of sp³-hybridized carbons (Fsp3) is 0.471. The molecule has 3 heterocycles. The van der Waals surface area contributed by atoms with Crippen molar-refractivity contribution in [2.75, 3.05) is 38.3 Å². The first-order chi connectivity index (χ1) is 12.2. The number of halogens is 1. The minimum absolute atomic E-state index is 0. The Balaban J connectivity index is 0.00000196. The maximum absolute atomic E-state index is 12.8. The van der Waals surface area contributed by atoms with E-state index < -0.39 is 0 Å². The number of nitrogens with zero attached hydrogens (tertiary/aromatic N) is 4. The maximum Gasteiger partial charge on any atom is 0.255 e. The monoisotopic (exact) mass is 395 g/mol. The molecule has 0 aliphatic carbocycles. The van der Waals surface area contributed by atoms with E-state index in [1.165, 1.54) is 0 Å². The Labute approximate surface area is 162 Å². The summed E-state index contributed by atoms with van der Waals surface area (Å²) in [5, 5.41) is 7.55. The van der Waals surface area contributed by atoms with Crippen LogP contribution in [0.5, 0.6) is 0 Å². The van der Waals surface area contributed by atoms with Gasteiger partial charge in [-0.3, -0.25) is 9.69 Å². The number of hydrogen-bond acceptors (Lipinski definition) is 7. The second kappa shape index (κ2) is 8.39. The van der Waals surface area contributed by atoms with Crippen LogP contribution < -0.4 is 5.32 Å². The number of nitrogens with one attached hydrogen (secondary N) is 1. The number of carbonyl (C=O) groups is 1. The van der Waals surface area contributed by atoms with Gasteiger partial charge in [0, 0.05) is 31.0 Å². The molecular weight excluding hydrogens is 374 g/mol. The molecule has 2 aliphatic heterocycles. The van der Waals surface area contributed by atoms with Gasteiger partial charge in [0.15, 0.2) is 5.82 Å². The molecule has 2 atom stereocenters. The summed E-state index contributed by atoms with van der Waals surface area (Å²) in [4.78, 5) is 21.5. The Morgan fingerprint density at radius 1 is 1.31 bits per heavy atom. The molecule has 7 nitrogen and oxygen atoms in total. The fourth-order valence-corrected chi connectivity index (χ4v) is 4.35. The minimum atomic E-state index is -0.166. The van der Waals surface area contributed by atoms with Crippen molar-refractivity contribution in [3.05, 3.63) is 47.6 Å². The molecular formula is C17H22ClN5O2S. The van der Waals surface area contributed by atoms with Crippen molar-refractivity contribution in [2.24, 2.45) is 0 Å². The standard InChI is InChI=1S/C17H21N5O2S.ClH/c1-21-8-7-18-9-13(21)15-19-16(24-20-15)14-10-25-11-22(14)17(23)12-5-3-2-4-6-12;/h2-6,13-14,18H,7-11H2,1H3;1H. The molecule has 2 aromatic rings. The second-order valence-corrected chi connectivity index (χ2v) is 7.35. The molecule has 1 aromatic heterocycles. The van der Waals surface area contributed by atoms with Crippen molar-refractivity contribution in [3.8, 4) is 0 Å². The molecule has 26 heavy (non-hydrogen) atoms. The highest BCUT2D eigenvalue weighted by Gasteiger charge is 2.36. The first-order valence-corrected chi connectivity index (χ1v) is 9.58. The van der Waals surface area contributed by atoms with Crippen molar-refractivity contribution >= 4 is 30.1 Å². The van der Waals surface area contributed by atoms with Gasteiger partial charge in [-0.2, -0.15) is 4.98 Å². The zero-order valence-corrected chi connectivity index (χ0v) is 16.1. The van der Waals surface area contributed by atoms with E-state index in [1.54, 1.807) is 11.8 Å². The largest absolute Gasteiger partial charge is 0.337 e. The third-order valence-corrected chi connectivity index (χ3v) is 5.73. The van der Waals surface area contributed by atoms with Crippen LogP contribution >= 0.6 is 24.2 Å². The Bertz CT molecular complexity index is 744. The lowest BCUT2D eigenvalue weighted by molar-refractivity contribution is 0.0722. The van der Waals surface area contributed by atoms with Crippen LogP contribution in [0.25, 0.3) is 0 Å². The Kier molecular flexibility index (Phi) is 6.18. The molecule has 9 heteroatoms. The van der Waals surface area contributed by atoms with Gasteiger partial charge in [0.05, 0.1) is 11.9 Å². The van der Waals surface area contributed by atoms with E-state index in [2.05, 4.69) is 27.4 Å².